The standard InChI is InChI=1S/C12H15ClO2/c1-2-3-4-5-11(14)10-7-6-9(13)8-12(10)15/h6-8,15H,2-5H2,1H3. The maximum Gasteiger partial charge on any atom is 0.166 e. The van der Waals surface area contributed by atoms with Crippen molar-refractivity contribution < 1.29 is 9.90 Å². The van der Waals surface area contributed by atoms with Crippen LogP contribution in [0.25, 0.3) is 0 Å². The number of unbranched alkanes of at least 4 members (excludes halogenated alkanes) is 2. The number of hydrogen-bond donors (Lipinski definition) is 1. The van der Waals surface area contributed by atoms with Crippen molar-refractivity contribution >= 4 is 17.4 Å². The Morgan fingerprint density at radius 1 is 1.40 bits per heavy atom. The van der Waals surface area contributed by atoms with Crippen LogP contribution < -0.4 is 0 Å². The molecule has 0 heterocycles. The zero-order chi connectivity index (χ0) is 11.3. The molecule has 0 radical (unpaired) electrons. The molecule has 0 aliphatic rings. The lowest BCUT2D eigenvalue weighted by Crippen LogP contribution is -1.99. The molecule has 0 atom stereocenters. The Morgan fingerprint density at radius 3 is 2.73 bits per heavy atom. The van der Waals surface area contributed by atoms with Crippen LogP contribution in [0, 0.1) is 0 Å². The van der Waals surface area contributed by atoms with E-state index in [1.165, 1.54) is 6.07 Å². The van der Waals surface area contributed by atoms with Crippen molar-refractivity contribution in [1.82, 2.24) is 0 Å². The Hall–Kier alpha value is -1.02. The van der Waals surface area contributed by atoms with Crippen molar-refractivity contribution in [3.05, 3.63) is 28.8 Å². The van der Waals surface area contributed by atoms with Gasteiger partial charge in [-0.05, 0) is 24.6 Å². The predicted molar refractivity (Wildman–Crippen MR) is 61.6 cm³/mol. The zero-order valence-electron chi connectivity index (χ0n) is 8.79. The SMILES string of the molecule is CCCCCC(=O)c1ccc(Cl)cc1O. The lowest BCUT2D eigenvalue weighted by atomic mass is 10.0. The van der Waals surface area contributed by atoms with Crippen LogP contribution in [0.2, 0.25) is 5.02 Å². The van der Waals surface area contributed by atoms with E-state index >= 15 is 0 Å². The highest BCUT2D eigenvalue weighted by Gasteiger charge is 2.10. The summed E-state index contributed by atoms with van der Waals surface area (Å²) in [5.41, 5.74) is 0.371. The van der Waals surface area contributed by atoms with Crippen molar-refractivity contribution in [3.63, 3.8) is 0 Å². The van der Waals surface area contributed by atoms with Crippen molar-refractivity contribution in [1.29, 1.82) is 0 Å². The number of ketones is 1. The molecule has 82 valence electrons. The second-order valence-electron chi connectivity index (χ2n) is 3.54. The molecular weight excluding hydrogens is 212 g/mol. The summed E-state index contributed by atoms with van der Waals surface area (Å²) in [6.07, 6.45) is 3.49. The van der Waals surface area contributed by atoms with Gasteiger partial charge in [-0.3, -0.25) is 4.79 Å². The third-order valence-electron chi connectivity index (χ3n) is 2.27. The number of carbonyl (C=O) groups is 1. The average molecular weight is 227 g/mol. The van der Waals surface area contributed by atoms with Crippen LogP contribution in [0.3, 0.4) is 0 Å². The fraction of sp³-hybridized carbons (Fsp3) is 0.417. The van der Waals surface area contributed by atoms with Gasteiger partial charge in [0.1, 0.15) is 5.75 Å². The minimum Gasteiger partial charge on any atom is -0.507 e. The summed E-state index contributed by atoms with van der Waals surface area (Å²) in [6, 6.07) is 4.59. The van der Waals surface area contributed by atoms with Crippen LogP contribution >= 0.6 is 11.6 Å². The average Bonchev–Trinajstić information content (AvgIpc) is 2.17. The van der Waals surface area contributed by atoms with Gasteiger partial charge in [0, 0.05) is 11.4 Å². The van der Waals surface area contributed by atoms with E-state index in [1.807, 2.05) is 0 Å². The van der Waals surface area contributed by atoms with Crippen LogP contribution in [-0.4, -0.2) is 10.9 Å². The van der Waals surface area contributed by atoms with Gasteiger partial charge in [-0.25, -0.2) is 0 Å². The van der Waals surface area contributed by atoms with Crippen molar-refractivity contribution in [2.75, 3.05) is 0 Å². The van der Waals surface area contributed by atoms with Crippen LogP contribution in [0.1, 0.15) is 43.0 Å². The highest BCUT2D eigenvalue weighted by molar-refractivity contribution is 6.30. The number of benzene rings is 1. The molecule has 1 rings (SSSR count). The Kier molecular flexibility index (Phi) is 4.63. The Morgan fingerprint density at radius 2 is 2.13 bits per heavy atom. The molecule has 0 fully saturated rings. The number of carbonyl (C=O) groups excluding carboxylic acids is 1. The van der Waals surface area contributed by atoms with Gasteiger partial charge >= 0.3 is 0 Å². The van der Waals surface area contributed by atoms with Gasteiger partial charge in [-0.15, -0.1) is 0 Å². The first-order chi connectivity index (χ1) is 7.15. The maximum atomic E-state index is 11.6. The molecule has 0 bridgehead atoms. The molecule has 1 aromatic carbocycles. The van der Waals surface area contributed by atoms with Crippen LogP contribution in [0.5, 0.6) is 5.75 Å². The second kappa shape index (κ2) is 5.76. The van der Waals surface area contributed by atoms with E-state index in [1.54, 1.807) is 12.1 Å². The summed E-state index contributed by atoms with van der Waals surface area (Å²) in [5.74, 6) is -0.0402. The first-order valence-corrected chi connectivity index (χ1v) is 5.54. The van der Waals surface area contributed by atoms with E-state index < -0.39 is 0 Å². The minimum atomic E-state index is -0.0241. The highest BCUT2D eigenvalue weighted by Crippen LogP contribution is 2.23. The molecule has 0 amide bonds. The first-order valence-electron chi connectivity index (χ1n) is 5.17. The van der Waals surface area contributed by atoms with E-state index in [4.69, 9.17) is 11.6 Å². The fourth-order valence-corrected chi connectivity index (χ4v) is 1.58. The molecule has 1 N–H and O–H groups in total. The normalized spacial score (nSPS) is 10.3. The number of phenols is 1. The topological polar surface area (TPSA) is 37.3 Å². The first kappa shape index (κ1) is 12.1. The second-order valence-corrected chi connectivity index (χ2v) is 3.98. The lowest BCUT2D eigenvalue weighted by molar-refractivity contribution is 0.0977. The smallest absolute Gasteiger partial charge is 0.166 e. The van der Waals surface area contributed by atoms with Crippen LogP contribution in [0.4, 0.5) is 0 Å². The molecule has 2 nitrogen and oxygen atoms in total. The quantitative estimate of drug-likeness (QED) is 0.612. The maximum absolute atomic E-state index is 11.6. The zero-order valence-corrected chi connectivity index (χ0v) is 9.55. The molecule has 0 aliphatic carbocycles. The Labute approximate surface area is 94.9 Å². The number of halogens is 1. The Balaban J connectivity index is 2.65. The Bertz CT molecular complexity index is 347. The molecule has 1 aromatic rings. The summed E-state index contributed by atoms with van der Waals surface area (Å²) in [7, 11) is 0. The predicted octanol–water partition coefficient (Wildman–Crippen LogP) is 3.81. The summed E-state index contributed by atoms with van der Waals surface area (Å²) >= 11 is 5.68. The van der Waals surface area contributed by atoms with Crippen molar-refractivity contribution in [2.24, 2.45) is 0 Å². The van der Waals surface area contributed by atoms with E-state index in [9.17, 15) is 9.90 Å². The molecule has 0 saturated carbocycles. The van der Waals surface area contributed by atoms with E-state index in [2.05, 4.69) is 6.92 Å². The number of phenolic OH excluding ortho intramolecular Hbond substituents is 1. The molecule has 15 heavy (non-hydrogen) atoms. The molecule has 0 saturated heterocycles. The lowest BCUT2D eigenvalue weighted by Gasteiger charge is -2.03. The summed E-state index contributed by atoms with van der Waals surface area (Å²) in [6.45, 7) is 2.09. The van der Waals surface area contributed by atoms with Gasteiger partial charge in [-0.2, -0.15) is 0 Å². The van der Waals surface area contributed by atoms with Crippen LogP contribution in [-0.2, 0) is 0 Å². The third kappa shape index (κ3) is 3.56. The number of aromatic hydroxyl groups is 1. The highest BCUT2D eigenvalue weighted by atomic mass is 35.5. The number of rotatable bonds is 5. The summed E-state index contributed by atoms with van der Waals surface area (Å²) < 4.78 is 0. The van der Waals surface area contributed by atoms with Crippen molar-refractivity contribution in [2.45, 2.75) is 32.6 Å². The number of hydrogen-bond acceptors (Lipinski definition) is 2. The molecule has 0 aliphatic heterocycles. The van der Waals surface area contributed by atoms with E-state index in [-0.39, 0.29) is 11.5 Å². The molecule has 3 heteroatoms. The molecule has 0 spiro atoms. The monoisotopic (exact) mass is 226 g/mol. The van der Waals surface area contributed by atoms with Gasteiger partial charge in [0.2, 0.25) is 0 Å². The molecule has 0 unspecified atom stereocenters. The van der Waals surface area contributed by atoms with Crippen LogP contribution in [0.15, 0.2) is 18.2 Å². The summed E-state index contributed by atoms with van der Waals surface area (Å²) in [5, 5.41) is 9.96. The third-order valence-corrected chi connectivity index (χ3v) is 2.50. The summed E-state index contributed by atoms with van der Waals surface area (Å²) in [4.78, 5) is 11.6. The molecular formula is C12H15ClO2. The van der Waals surface area contributed by atoms with Gasteiger partial charge in [-0.1, -0.05) is 31.4 Å². The van der Waals surface area contributed by atoms with Gasteiger partial charge in [0.15, 0.2) is 5.78 Å². The van der Waals surface area contributed by atoms with Crippen molar-refractivity contribution in [3.8, 4) is 5.75 Å². The number of Topliss-reactive ketones (excluding diaryl/α,β-unsaturated/α-hetero) is 1. The van der Waals surface area contributed by atoms with Gasteiger partial charge < -0.3 is 5.11 Å². The van der Waals surface area contributed by atoms with Gasteiger partial charge in [0.25, 0.3) is 0 Å². The van der Waals surface area contributed by atoms with E-state index in [0.717, 1.165) is 19.3 Å². The van der Waals surface area contributed by atoms with Gasteiger partial charge in [0.05, 0.1) is 5.56 Å². The fourth-order valence-electron chi connectivity index (χ4n) is 1.41. The molecule has 0 aromatic heterocycles. The van der Waals surface area contributed by atoms with E-state index in [0.29, 0.717) is 17.0 Å². The minimum absolute atomic E-state index is 0.0161. The largest absolute Gasteiger partial charge is 0.507 e.